The fourth-order valence-electron chi connectivity index (χ4n) is 1.69. The quantitative estimate of drug-likeness (QED) is 0.624. The molecule has 0 saturated heterocycles. The van der Waals surface area contributed by atoms with E-state index in [-0.39, 0.29) is 6.42 Å². The van der Waals surface area contributed by atoms with Crippen LogP contribution in [-0.2, 0) is 11.4 Å². The number of nitrogens with one attached hydrogen (secondary N) is 1. The molecule has 0 heterocycles. The molecule has 5 nitrogen and oxygen atoms in total. The van der Waals surface area contributed by atoms with E-state index in [2.05, 4.69) is 26.5 Å². The Kier molecular flexibility index (Phi) is 6.33. The standard InChI is InChI=1S/C17H14BrN3O2/c18-15-5-1-14(2-6-15)12-23-16-7-3-13(4-8-16)11-20-21-17(22)9-10-19/h1-8,11H,9,12H2,(H,21,22)/b20-11-. The fraction of sp³-hybridized carbons (Fsp3) is 0.118. The number of benzene rings is 2. The molecule has 0 aromatic heterocycles. The van der Waals surface area contributed by atoms with Gasteiger partial charge in [0.05, 0.1) is 12.3 Å². The van der Waals surface area contributed by atoms with E-state index < -0.39 is 5.91 Å². The lowest BCUT2D eigenvalue weighted by molar-refractivity contribution is -0.120. The Morgan fingerprint density at radius 2 is 1.91 bits per heavy atom. The van der Waals surface area contributed by atoms with Gasteiger partial charge in [0.25, 0.3) is 5.91 Å². The summed E-state index contributed by atoms with van der Waals surface area (Å²) in [5.41, 5.74) is 4.17. The van der Waals surface area contributed by atoms with Gasteiger partial charge >= 0.3 is 0 Å². The lowest BCUT2D eigenvalue weighted by atomic mass is 10.2. The van der Waals surface area contributed by atoms with E-state index in [4.69, 9.17) is 10.00 Å². The van der Waals surface area contributed by atoms with Crippen LogP contribution in [0.3, 0.4) is 0 Å². The first kappa shape index (κ1) is 16.7. The highest BCUT2D eigenvalue weighted by Crippen LogP contribution is 2.15. The third-order valence-electron chi connectivity index (χ3n) is 2.84. The SMILES string of the molecule is N#CCC(=O)N/N=C\c1ccc(OCc2ccc(Br)cc2)cc1. The van der Waals surface area contributed by atoms with Crippen LogP contribution in [0.4, 0.5) is 0 Å². The first-order valence-corrected chi connectivity index (χ1v) is 7.63. The third-order valence-corrected chi connectivity index (χ3v) is 3.37. The molecule has 0 unspecified atom stereocenters. The van der Waals surface area contributed by atoms with Gasteiger partial charge in [-0.15, -0.1) is 0 Å². The Morgan fingerprint density at radius 3 is 2.57 bits per heavy atom. The minimum absolute atomic E-state index is 0.208. The molecule has 23 heavy (non-hydrogen) atoms. The second kappa shape index (κ2) is 8.71. The van der Waals surface area contributed by atoms with Crippen molar-refractivity contribution in [3.8, 4) is 11.8 Å². The molecule has 2 rings (SSSR count). The molecule has 0 aliphatic rings. The zero-order chi connectivity index (χ0) is 16.5. The van der Waals surface area contributed by atoms with E-state index in [9.17, 15) is 4.79 Å². The number of nitriles is 1. The molecule has 0 saturated carbocycles. The fourth-order valence-corrected chi connectivity index (χ4v) is 1.95. The van der Waals surface area contributed by atoms with E-state index in [1.807, 2.05) is 48.5 Å². The Hall–Kier alpha value is -2.65. The average molecular weight is 372 g/mol. The summed E-state index contributed by atoms with van der Waals surface area (Å²) in [4.78, 5) is 11.1. The normalized spacial score (nSPS) is 10.3. The second-order valence-electron chi connectivity index (χ2n) is 4.61. The molecule has 0 aliphatic carbocycles. The highest BCUT2D eigenvalue weighted by molar-refractivity contribution is 9.10. The van der Waals surface area contributed by atoms with Crippen molar-refractivity contribution in [2.24, 2.45) is 5.10 Å². The monoisotopic (exact) mass is 371 g/mol. The average Bonchev–Trinajstić information content (AvgIpc) is 2.56. The van der Waals surface area contributed by atoms with Gasteiger partial charge in [-0.2, -0.15) is 10.4 Å². The Bertz CT molecular complexity index is 719. The molecule has 116 valence electrons. The molecular weight excluding hydrogens is 358 g/mol. The zero-order valence-corrected chi connectivity index (χ0v) is 13.8. The summed E-state index contributed by atoms with van der Waals surface area (Å²) in [5.74, 6) is 0.316. The number of hydrogen-bond donors (Lipinski definition) is 1. The van der Waals surface area contributed by atoms with Crippen LogP contribution in [0, 0.1) is 11.3 Å². The predicted molar refractivity (Wildman–Crippen MR) is 90.9 cm³/mol. The molecule has 0 bridgehead atoms. The van der Waals surface area contributed by atoms with Gasteiger partial charge in [-0.25, -0.2) is 5.43 Å². The number of hydrogen-bond acceptors (Lipinski definition) is 4. The maximum Gasteiger partial charge on any atom is 0.254 e. The van der Waals surface area contributed by atoms with Gasteiger partial charge in [-0.1, -0.05) is 28.1 Å². The molecule has 0 spiro atoms. The van der Waals surface area contributed by atoms with Crippen LogP contribution in [0.1, 0.15) is 17.5 Å². The van der Waals surface area contributed by atoms with Crippen LogP contribution in [0.15, 0.2) is 58.1 Å². The zero-order valence-electron chi connectivity index (χ0n) is 12.2. The number of rotatable bonds is 6. The van der Waals surface area contributed by atoms with Gasteiger partial charge in [0, 0.05) is 4.47 Å². The Labute approximate surface area is 142 Å². The molecule has 1 N–H and O–H groups in total. The van der Waals surface area contributed by atoms with Gasteiger partial charge < -0.3 is 4.74 Å². The van der Waals surface area contributed by atoms with Crippen molar-refractivity contribution in [2.45, 2.75) is 13.0 Å². The van der Waals surface area contributed by atoms with E-state index in [0.717, 1.165) is 21.3 Å². The first-order chi connectivity index (χ1) is 11.2. The smallest absolute Gasteiger partial charge is 0.254 e. The van der Waals surface area contributed by atoms with E-state index in [0.29, 0.717) is 6.61 Å². The van der Waals surface area contributed by atoms with Crippen LogP contribution in [-0.4, -0.2) is 12.1 Å². The van der Waals surface area contributed by atoms with Gasteiger partial charge in [0.15, 0.2) is 0 Å². The van der Waals surface area contributed by atoms with Crippen molar-refractivity contribution in [3.63, 3.8) is 0 Å². The molecule has 0 atom stereocenters. The van der Waals surface area contributed by atoms with Crippen molar-refractivity contribution < 1.29 is 9.53 Å². The molecule has 0 radical (unpaired) electrons. The summed E-state index contributed by atoms with van der Waals surface area (Å²) in [6, 6.07) is 17.0. The number of ether oxygens (including phenoxy) is 1. The summed E-state index contributed by atoms with van der Waals surface area (Å²) in [7, 11) is 0. The molecule has 6 heteroatoms. The van der Waals surface area contributed by atoms with Crippen molar-refractivity contribution in [3.05, 3.63) is 64.1 Å². The van der Waals surface area contributed by atoms with Crippen molar-refractivity contribution in [2.75, 3.05) is 0 Å². The van der Waals surface area contributed by atoms with Crippen LogP contribution < -0.4 is 10.2 Å². The van der Waals surface area contributed by atoms with Gasteiger partial charge in [0.2, 0.25) is 0 Å². The summed E-state index contributed by atoms with van der Waals surface area (Å²) in [6.45, 7) is 0.491. The number of hydrazone groups is 1. The molecule has 0 fully saturated rings. The van der Waals surface area contributed by atoms with Crippen molar-refractivity contribution >= 4 is 28.1 Å². The lowest BCUT2D eigenvalue weighted by Gasteiger charge is -2.06. The number of nitrogens with zero attached hydrogens (tertiary/aromatic N) is 2. The molecule has 1 amide bonds. The van der Waals surface area contributed by atoms with Gasteiger partial charge in [-0.3, -0.25) is 4.79 Å². The van der Waals surface area contributed by atoms with Crippen LogP contribution in [0.25, 0.3) is 0 Å². The minimum atomic E-state index is -0.432. The highest BCUT2D eigenvalue weighted by atomic mass is 79.9. The predicted octanol–water partition coefficient (Wildman–Crippen LogP) is 3.39. The lowest BCUT2D eigenvalue weighted by Crippen LogP contribution is -2.16. The van der Waals surface area contributed by atoms with Crippen LogP contribution in [0.5, 0.6) is 5.75 Å². The van der Waals surface area contributed by atoms with Crippen molar-refractivity contribution in [1.82, 2.24) is 5.43 Å². The summed E-state index contributed by atoms with van der Waals surface area (Å²) in [6.07, 6.45) is 1.30. The van der Waals surface area contributed by atoms with Crippen LogP contribution >= 0.6 is 15.9 Å². The Balaban J connectivity index is 1.84. The first-order valence-electron chi connectivity index (χ1n) is 6.83. The number of carbonyl (C=O) groups is 1. The van der Waals surface area contributed by atoms with Crippen molar-refractivity contribution in [1.29, 1.82) is 5.26 Å². The molecular formula is C17H14BrN3O2. The summed E-state index contributed by atoms with van der Waals surface area (Å²) in [5, 5.41) is 12.1. The van der Waals surface area contributed by atoms with E-state index in [1.165, 1.54) is 6.21 Å². The number of amides is 1. The summed E-state index contributed by atoms with van der Waals surface area (Å²) >= 11 is 3.39. The third kappa shape index (κ3) is 5.93. The summed E-state index contributed by atoms with van der Waals surface area (Å²) < 4.78 is 6.73. The largest absolute Gasteiger partial charge is 0.489 e. The van der Waals surface area contributed by atoms with E-state index >= 15 is 0 Å². The maximum absolute atomic E-state index is 11.1. The molecule has 2 aromatic carbocycles. The topological polar surface area (TPSA) is 74.5 Å². The maximum atomic E-state index is 11.1. The number of carbonyl (C=O) groups excluding carboxylic acids is 1. The van der Waals surface area contributed by atoms with Gasteiger partial charge in [0.1, 0.15) is 18.8 Å². The Morgan fingerprint density at radius 1 is 1.22 bits per heavy atom. The second-order valence-corrected chi connectivity index (χ2v) is 5.53. The van der Waals surface area contributed by atoms with E-state index in [1.54, 1.807) is 6.07 Å². The molecule has 2 aromatic rings. The molecule has 0 aliphatic heterocycles. The number of halogens is 1. The van der Waals surface area contributed by atoms with Gasteiger partial charge in [-0.05, 0) is 47.5 Å². The highest BCUT2D eigenvalue weighted by Gasteiger charge is 1.98. The van der Waals surface area contributed by atoms with Crippen LogP contribution in [0.2, 0.25) is 0 Å². The minimum Gasteiger partial charge on any atom is -0.489 e.